The van der Waals surface area contributed by atoms with E-state index >= 15 is 0 Å². The SMILES string of the molecule is CCC1CCc2cccc(=O)n21. The number of aromatic nitrogens is 1. The first-order valence-corrected chi connectivity index (χ1v) is 4.53. The first kappa shape index (κ1) is 7.59. The molecule has 0 aliphatic carbocycles. The maximum atomic E-state index is 11.4. The van der Waals surface area contributed by atoms with Crippen LogP contribution in [0.15, 0.2) is 23.0 Å². The van der Waals surface area contributed by atoms with Crippen molar-refractivity contribution in [1.82, 2.24) is 4.57 Å². The molecule has 0 N–H and O–H groups in total. The number of pyridine rings is 1. The number of rotatable bonds is 1. The van der Waals surface area contributed by atoms with Crippen molar-refractivity contribution in [2.24, 2.45) is 0 Å². The van der Waals surface area contributed by atoms with Crippen LogP contribution in [0.1, 0.15) is 31.5 Å². The Kier molecular flexibility index (Phi) is 1.75. The molecule has 0 bridgehead atoms. The second-order valence-corrected chi connectivity index (χ2v) is 3.33. The molecule has 1 aromatic rings. The lowest BCUT2D eigenvalue weighted by molar-refractivity contribution is 0.499. The molecule has 0 aromatic carbocycles. The van der Waals surface area contributed by atoms with E-state index in [0.717, 1.165) is 19.3 Å². The summed E-state index contributed by atoms with van der Waals surface area (Å²) in [6.45, 7) is 2.14. The predicted molar refractivity (Wildman–Crippen MR) is 48.4 cm³/mol. The summed E-state index contributed by atoms with van der Waals surface area (Å²) in [6, 6.07) is 6.01. The first-order chi connectivity index (χ1) is 5.83. The zero-order chi connectivity index (χ0) is 8.55. The zero-order valence-electron chi connectivity index (χ0n) is 7.29. The Balaban J connectivity index is 2.56. The van der Waals surface area contributed by atoms with Crippen LogP contribution in [0.4, 0.5) is 0 Å². The molecular weight excluding hydrogens is 150 g/mol. The fourth-order valence-corrected chi connectivity index (χ4v) is 1.99. The number of aryl methyl sites for hydroxylation is 1. The van der Waals surface area contributed by atoms with E-state index in [1.165, 1.54) is 5.69 Å². The van der Waals surface area contributed by atoms with Gasteiger partial charge in [-0.05, 0) is 25.3 Å². The monoisotopic (exact) mass is 163 g/mol. The highest BCUT2D eigenvalue weighted by atomic mass is 16.1. The van der Waals surface area contributed by atoms with Gasteiger partial charge >= 0.3 is 0 Å². The first-order valence-electron chi connectivity index (χ1n) is 4.53. The van der Waals surface area contributed by atoms with Gasteiger partial charge in [0.25, 0.3) is 5.56 Å². The highest BCUT2D eigenvalue weighted by Gasteiger charge is 2.20. The predicted octanol–water partition coefficient (Wildman–Crippen LogP) is 1.75. The van der Waals surface area contributed by atoms with E-state index in [9.17, 15) is 4.79 Å². The van der Waals surface area contributed by atoms with E-state index in [1.807, 2.05) is 10.6 Å². The van der Waals surface area contributed by atoms with Crippen LogP contribution >= 0.6 is 0 Å². The molecular formula is C10H13NO. The molecule has 1 unspecified atom stereocenters. The summed E-state index contributed by atoms with van der Waals surface area (Å²) in [5, 5.41) is 0. The van der Waals surface area contributed by atoms with E-state index in [0.29, 0.717) is 6.04 Å². The highest BCUT2D eigenvalue weighted by molar-refractivity contribution is 5.12. The maximum absolute atomic E-state index is 11.4. The van der Waals surface area contributed by atoms with Crippen molar-refractivity contribution < 1.29 is 0 Å². The van der Waals surface area contributed by atoms with Gasteiger partial charge in [0.05, 0.1) is 0 Å². The lowest BCUT2D eigenvalue weighted by Crippen LogP contribution is -2.21. The van der Waals surface area contributed by atoms with Crippen LogP contribution in [-0.2, 0) is 6.42 Å². The van der Waals surface area contributed by atoms with Crippen LogP contribution in [0.2, 0.25) is 0 Å². The van der Waals surface area contributed by atoms with Gasteiger partial charge in [-0.2, -0.15) is 0 Å². The molecule has 2 heteroatoms. The Morgan fingerprint density at radius 3 is 3.17 bits per heavy atom. The van der Waals surface area contributed by atoms with E-state index in [-0.39, 0.29) is 5.56 Å². The molecule has 64 valence electrons. The molecule has 0 amide bonds. The Hall–Kier alpha value is -1.05. The smallest absolute Gasteiger partial charge is 0.250 e. The third-order valence-electron chi connectivity index (χ3n) is 2.64. The van der Waals surface area contributed by atoms with Crippen LogP contribution in [0.25, 0.3) is 0 Å². The van der Waals surface area contributed by atoms with Crippen molar-refractivity contribution in [3.63, 3.8) is 0 Å². The molecule has 0 saturated carbocycles. The van der Waals surface area contributed by atoms with Crippen LogP contribution in [0, 0.1) is 0 Å². The van der Waals surface area contributed by atoms with Crippen LogP contribution in [-0.4, -0.2) is 4.57 Å². The Morgan fingerprint density at radius 2 is 2.42 bits per heavy atom. The minimum absolute atomic E-state index is 0.164. The standard InChI is InChI=1S/C10H13NO/c1-2-8-6-7-9-4-3-5-10(12)11(8)9/h3-5,8H,2,6-7H2,1H3. The summed E-state index contributed by atoms with van der Waals surface area (Å²) in [5.74, 6) is 0. The fraction of sp³-hybridized carbons (Fsp3) is 0.500. The number of nitrogens with zero attached hydrogens (tertiary/aromatic N) is 1. The molecule has 2 rings (SSSR count). The Bertz CT molecular complexity index is 340. The normalized spacial score (nSPS) is 20.9. The molecule has 1 aliphatic heterocycles. The molecule has 0 saturated heterocycles. The van der Waals surface area contributed by atoms with Crippen molar-refractivity contribution in [1.29, 1.82) is 0 Å². The van der Waals surface area contributed by atoms with Gasteiger partial charge < -0.3 is 4.57 Å². The van der Waals surface area contributed by atoms with Gasteiger partial charge in [0.1, 0.15) is 0 Å². The number of fused-ring (bicyclic) bond motifs is 1. The maximum Gasteiger partial charge on any atom is 0.250 e. The lowest BCUT2D eigenvalue weighted by Gasteiger charge is -2.10. The second kappa shape index (κ2) is 2.77. The molecule has 0 fully saturated rings. The number of hydrogen-bond donors (Lipinski definition) is 0. The minimum Gasteiger partial charge on any atom is -0.310 e. The topological polar surface area (TPSA) is 22.0 Å². The van der Waals surface area contributed by atoms with Gasteiger partial charge in [0.15, 0.2) is 0 Å². The quantitative estimate of drug-likeness (QED) is 0.618. The van der Waals surface area contributed by atoms with Crippen LogP contribution in [0.3, 0.4) is 0 Å². The van der Waals surface area contributed by atoms with Gasteiger partial charge in [-0.25, -0.2) is 0 Å². The van der Waals surface area contributed by atoms with Crippen molar-refractivity contribution in [2.75, 3.05) is 0 Å². The molecule has 1 aromatic heterocycles. The molecule has 0 radical (unpaired) electrons. The minimum atomic E-state index is 0.164. The molecule has 2 nitrogen and oxygen atoms in total. The van der Waals surface area contributed by atoms with Crippen molar-refractivity contribution in [3.8, 4) is 0 Å². The third-order valence-corrected chi connectivity index (χ3v) is 2.64. The summed E-state index contributed by atoms with van der Waals surface area (Å²) in [6.07, 6.45) is 3.27. The molecule has 1 aliphatic rings. The van der Waals surface area contributed by atoms with Crippen molar-refractivity contribution >= 4 is 0 Å². The Labute approximate surface area is 71.8 Å². The summed E-state index contributed by atoms with van der Waals surface area (Å²) in [5.41, 5.74) is 1.37. The van der Waals surface area contributed by atoms with E-state index < -0.39 is 0 Å². The van der Waals surface area contributed by atoms with E-state index in [4.69, 9.17) is 0 Å². The van der Waals surface area contributed by atoms with Crippen LogP contribution < -0.4 is 5.56 Å². The van der Waals surface area contributed by atoms with Crippen molar-refractivity contribution in [2.45, 2.75) is 32.2 Å². The average Bonchev–Trinajstić information content (AvgIpc) is 2.49. The van der Waals surface area contributed by atoms with Gasteiger partial charge in [0, 0.05) is 17.8 Å². The summed E-state index contributed by atoms with van der Waals surface area (Å²) >= 11 is 0. The number of hydrogen-bond acceptors (Lipinski definition) is 1. The van der Waals surface area contributed by atoms with Gasteiger partial charge in [0.2, 0.25) is 0 Å². The molecule has 12 heavy (non-hydrogen) atoms. The second-order valence-electron chi connectivity index (χ2n) is 3.33. The van der Waals surface area contributed by atoms with E-state index in [1.54, 1.807) is 6.07 Å². The highest BCUT2D eigenvalue weighted by Crippen LogP contribution is 2.25. The zero-order valence-corrected chi connectivity index (χ0v) is 7.29. The fourth-order valence-electron chi connectivity index (χ4n) is 1.99. The average molecular weight is 163 g/mol. The van der Waals surface area contributed by atoms with Crippen molar-refractivity contribution in [3.05, 3.63) is 34.2 Å². The third kappa shape index (κ3) is 0.986. The van der Waals surface area contributed by atoms with Gasteiger partial charge in [-0.15, -0.1) is 0 Å². The lowest BCUT2D eigenvalue weighted by atomic mass is 10.2. The Morgan fingerprint density at radius 1 is 1.58 bits per heavy atom. The largest absolute Gasteiger partial charge is 0.310 e. The summed E-state index contributed by atoms with van der Waals surface area (Å²) in [4.78, 5) is 11.4. The molecule has 2 heterocycles. The summed E-state index contributed by atoms with van der Waals surface area (Å²) in [7, 11) is 0. The molecule has 1 atom stereocenters. The van der Waals surface area contributed by atoms with Crippen LogP contribution in [0.5, 0.6) is 0 Å². The van der Waals surface area contributed by atoms with E-state index in [2.05, 4.69) is 13.0 Å². The van der Waals surface area contributed by atoms with Gasteiger partial charge in [-0.1, -0.05) is 13.0 Å². The molecule has 0 spiro atoms. The summed E-state index contributed by atoms with van der Waals surface area (Å²) < 4.78 is 1.94. The van der Waals surface area contributed by atoms with Gasteiger partial charge in [-0.3, -0.25) is 4.79 Å².